The van der Waals surface area contributed by atoms with Crippen molar-refractivity contribution in [1.82, 2.24) is 0 Å². The van der Waals surface area contributed by atoms with Gasteiger partial charge in [0.15, 0.2) is 23.3 Å². The van der Waals surface area contributed by atoms with E-state index >= 15 is 0 Å². The van der Waals surface area contributed by atoms with E-state index in [1.807, 2.05) is 0 Å². The molecule has 2 rings (SSSR count). The summed E-state index contributed by atoms with van der Waals surface area (Å²) in [6.45, 7) is 0. The molecule has 0 heterocycles. The van der Waals surface area contributed by atoms with Gasteiger partial charge >= 0.3 is 0 Å². The fraction of sp³-hybridized carbons (Fsp3) is 0. The van der Waals surface area contributed by atoms with E-state index < -0.39 is 56.6 Å². The van der Waals surface area contributed by atoms with Crippen LogP contribution in [-0.2, 0) is 0 Å². The van der Waals surface area contributed by atoms with Crippen LogP contribution in [0.4, 0.5) is 27.6 Å². The van der Waals surface area contributed by atoms with Gasteiger partial charge in [-0.3, -0.25) is 10.1 Å². The van der Waals surface area contributed by atoms with Crippen molar-refractivity contribution >= 4 is 5.69 Å². The van der Waals surface area contributed by atoms with Gasteiger partial charge in [0.2, 0.25) is 5.82 Å². The van der Waals surface area contributed by atoms with Gasteiger partial charge in [0.05, 0.1) is 10.5 Å². The van der Waals surface area contributed by atoms with Gasteiger partial charge in [0.1, 0.15) is 5.75 Å². The molecule has 0 atom stereocenters. The van der Waals surface area contributed by atoms with Crippen LogP contribution in [0.3, 0.4) is 0 Å². The summed E-state index contributed by atoms with van der Waals surface area (Å²) in [6.07, 6.45) is 0. The molecule has 0 aliphatic heterocycles. The third-order valence-electron chi connectivity index (χ3n) is 2.67. The number of hydrogen-bond acceptors (Lipinski definition) is 3. The van der Waals surface area contributed by atoms with Gasteiger partial charge in [0, 0.05) is 17.7 Å². The number of phenols is 1. The van der Waals surface area contributed by atoms with Crippen molar-refractivity contribution < 1.29 is 32.0 Å². The lowest BCUT2D eigenvalue weighted by Crippen LogP contribution is -2.04. The smallest absolute Gasteiger partial charge is 0.270 e. The molecule has 0 bridgehead atoms. The van der Waals surface area contributed by atoms with Crippen LogP contribution < -0.4 is 0 Å². The Bertz CT molecular complexity index is 734. The molecule has 0 unspecified atom stereocenters. The van der Waals surface area contributed by atoms with E-state index in [1.165, 1.54) is 0 Å². The molecule has 9 heteroatoms. The van der Waals surface area contributed by atoms with Crippen LogP contribution in [0.25, 0.3) is 11.1 Å². The molecule has 1 N–H and O–H groups in total. The predicted molar refractivity (Wildman–Crippen MR) is 60.0 cm³/mol. The molecular formula is C12H4F5NO3. The zero-order valence-electron chi connectivity index (χ0n) is 9.83. The zero-order chi connectivity index (χ0) is 15.9. The van der Waals surface area contributed by atoms with Crippen LogP contribution >= 0.6 is 0 Å². The van der Waals surface area contributed by atoms with Crippen molar-refractivity contribution in [2.24, 2.45) is 0 Å². The van der Waals surface area contributed by atoms with Gasteiger partial charge in [-0.25, -0.2) is 22.0 Å². The first kappa shape index (κ1) is 14.7. The minimum absolute atomic E-state index is 0.508. The number of benzene rings is 2. The van der Waals surface area contributed by atoms with Gasteiger partial charge in [0.25, 0.3) is 5.69 Å². The molecule has 2 aromatic carbocycles. The van der Waals surface area contributed by atoms with E-state index in [2.05, 4.69) is 0 Å². The maximum absolute atomic E-state index is 13.6. The van der Waals surface area contributed by atoms with Crippen molar-refractivity contribution in [1.29, 1.82) is 0 Å². The highest BCUT2D eigenvalue weighted by atomic mass is 19.2. The highest BCUT2D eigenvalue weighted by molar-refractivity contribution is 5.73. The van der Waals surface area contributed by atoms with Crippen molar-refractivity contribution in [2.45, 2.75) is 0 Å². The Balaban J connectivity index is 2.85. The number of aromatic hydroxyl groups is 1. The van der Waals surface area contributed by atoms with E-state index in [9.17, 15) is 37.2 Å². The molecule has 0 spiro atoms. The number of rotatable bonds is 2. The summed E-state index contributed by atoms with van der Waals surface area (Å²) >= 11 is 0. The first-order valence-corrected chi connectivity index (χ1v) is 5.25. The molecule has 0 radical (unpaired) electrons. The number of nitro groups is 1. The lowest BCUT2D eigenvalue weighted by atomic mass is 10.0. The van der Waals surface area contributed by atoms with Crippen LogP contribution in [-0.4, -0.2) is 10.0 Å². The number of nitrogens with zero attached hydrogens (tertiary/aromatic N) is 1. The van der Waals surface area contributed by atoms with Crippen molar-refractivity contribution in [3.05, 3.63) is 57.4 Å². The van der Waals surface area contributed by atoms with Crippen molar-refractivity contribution in [3.63, 3.8) is 0 Å². The van der Waals surface area contributed by atoms with Crippen molar-refractivity contribution in [2.75, 3.05) is 0 Å². The summed E-state index contributed by atoms with van der Waals surface area (Å²) in [7, 11) is 0. The number of nitro benzene ring substituents is 1. The summed E-state index contributed by atoms with van der Waals surface area (Å²) in [6, 6.07) is 2.03. The number of phenolic OH excluding ortho intramolecular Hbond substituents is 1. The Morgan fingerprint density at radius 3 is 1.86 bits per heavy atom. The normalized spacial score (nSPS) is 10.7. The highest BCUT2D eigenvalue weighted by Gasteiger charge is 2.28. The molecule has 2 aromatic rings. The zero-order valence-corrected chi connectivity index (χ0v) is 9.83. The van der Waals surface area contributed by atoms with Crippen LogP contribution in [0.1, 0.15) is 0 Å². The first-order chi connectivity index (χ1) is 9.75. The van der Waals surface area contributed by atoms with E-state index in [0.717, 1.165) is 6.07 Å². The number of halogens is 5. The number of non-ortho nitro benzene ring substituents is 1. The Labute approximate surface area is 113 Å². The maximum Gasteiger partial charge on any atom is 0.270 e. The molecule has 0 saturated carbocycles. The molecular weight excluding hydrogens is 301 g/mol. The van der Waals surface area contributed by atoms with E-state index in [0.29, 0.717) is 12.1 Å². The molecule has 0 fully saturated rings. The van der Waals surface area contributed by atoms with E-state index in [-0.39, 0.29) is 0 Å². The highest BCUT2D eigenvalue weighted by Crippen LogP contribution is 2.38. The second-order valence-electron chi connectivity index (χ2n) is 3.90. The Hall–Kier alpha value is -2.71. The lowest BCUT2D eigenvalue weighted by molar-refractivity contribution is -0.384. The van der Waals surface area contributed by atoms with Gasteiger partial charge in [-0.05, 0) is 6.07 Å². The summed E-state index contributed by atoms with van der Waals surface area (Å²) in [5, 5.41) is 20.1. The fourth-order valence-electron chi connectivity index (χ4n) is 1.68. The molecule has 0 aliphatic carbocycles. The van der Waals surface area contributed by atoms with Crippen LogP contribution in [0, 0.1) is 39.2 Å². The van der Waals surface area contributed by atoms with E-state index in [4.69, 9.17) is 0 Å². The summed E-state index contributed by atoms with van der Waals surface area (Å²) < 4.78 is 66.3. The van der Waals surface area contributed by atoms with Crippen LogP contribution in [0.5, 0.6) is 5.75 Å². The lowest BCUT2D eigenvalue weighted by Gasteiger charge is -2.09. The SMILES string of the molecule is O=[N+]([O-])c1ccc(O)c(-c2c(F)c(F)c(F)c(F)c2F)c1. The Morgan fingerprint density at radius 2 is 1.38 bits per heavy atom. The average molecular weight is 305 g/mol. The quantitative estimate of drug-likeness (QED) is 0.303. The van der Waals surface area contributed by atoms with E-state index in [1.54, 1.807) is 0 Å². The minimum atomic E-state index is -2.36. The van der Waals surface area contributed by atoms with Crippen LogP contribution in [0.2, 0.25) is 0 Å². The van der Waals surface area contributed by atoms with Gasteiger partial charge in [-0.15, -0.1) is 0 Å². The summed E-state index contributed by atoms with van der Waals surface area (Å²) in [5.41, 5.74) is -3.00. The standard InChI is InChI=1S/C12H4F5NO3/c13-8-7(9(14)11(16)12(17)10(8)15)5-3-4(18(20)21)1-2-6(5)19/h1-3,19H. The van der Waals surface area contributed by atoms with Crippen LogP contribution in [0.15, 0.2) is 18.2 Å². The summed E-state index contributed by atoms with van der Waals surface area (Å²) in [5.74, 6) is -12.0. The fourth-order valence-corrected chi connectivity index (χ4v) is 1.68. The molecule has 4 nitrogen and oxygen atoms in total. The molecule has 0 saturated heterocycles. The maximum atomic E-state index is 13.6. The average Bonchev–Trinajstić information content (AvgIpc) is 2.45. The predicted octanol–water partition coefficient (Wildman–Crippen LogP) is 3.66. The molecule has 110 valence electrons. The number of hydrogen-bond donors (Lipinski definition) is 1. The second kappa shape index (κ2) is 5.00. The van der Waals surface area contributed by atoms with Gasteiger partial charge < -0.3 is 5.11 Å². The van der Waals surface area contributed by atoms with Gasteiger partial charge in [-0.2, -0.15) is 0 Å². The summed E-state index contributed by atoms with van der Waals surface area (Å²) in [4.78, 5) is 9.63. The molecule has 0 aliphatic rings. The third kappa shape index (κ3) is 2.26. The second-order valence-corrected chi connectivity index (χ2v) is 3.90. The monoisotopic (exact) mass is 305 g/mol. The molecule has 21 heavy (non-hydrogen) atoms. The topological polar surface area (TPSA) is 63.4 Å². The molecule has 0 aromatic heterocycles. The largest absolute Gasteiger partial charge is 0.507 e. The first-order valence-electron chi connectivity index (χ1n) is 5.25. The minimum Gasteiger partial charge on any atom is -0.507 e. The Kier molecular flexibility index (Phi) is 3.50. The Morgan fingerprint density at radius 1 is 0.905 bits per heavy atom. The third-order valence-corrected chi connectivity index (χ3v) is 2.67. The van der Waals surface area contributed by atoms with Gasteiger partial charge in [-0.1, -0.05) is 0 Å². The molecule has 0 amide bonds. The van der Waals surface area contributed by atoms with Crippen molar-refractivity contribution in [3.8, 4) is 16.9 Å².